The Hall–Kier alpha value is -0.340. The molecular weight excluding hydrogens is 184 g/mol. The molecule has 0 aromatic carbocycles. The van der Waals surface area contributed by atoms with Gasteiger partial charge in [0.05, 0.1) is 0 Å². The number of likely N-dealkylation sites (N-methyl/N-ethyl adjacent to an activating group) is 1. The zero-order valence-electron chi connectivity index (χ0n) is 10.9. The van der Waals surface area contributed by atoms with Gasteiger partial charge < -0.3 is 10.2 Å². The van der Waals surface area contributed by atoms with Crippen molar-refractivity contribution in [1.29, 1.82) is 0 Å². The van der Waals surface area contributed by atoms with E-state index in [2.05, 4.69) is 44.6 Å². The lowest BCUT2D eigenvalue weighted by atomic mass is 10.2. The minimum Gasteiger partial charge on any atom is -0.313 e. The average Bonchev–Trinajstić information content (AvgIpc) is 2.24. The Morgan fingerprint density at radius 2 is 2.07 bits per heavy atom. The molecule has 0 saturated carbocycles. The van der Waals surface area contributed by atoms with Crippen LogP contribution in [0.2, 0.25) is 0 Å². The van der Waals surface area contributed by atoms with Crippen LogP contribution in [0.1, 0.15) is 40.0 Å². The van der Waals surface area contributed by atoms with E-state index in [-0.39, 0.29) is 0 Å². The smallest absolute Gasteiger partial charge is 0.0107 e. The lowest BCUT2D eigenvalue weighted by Gasteiger charge is -2.24. The normalized spacial score (nSPS) is 15.3. The van der Waals surface area contributed by atoms with Crippen molar-refractivity contribution in [2.45, 2.75) is 52.1 Å². The molecule has 2 atom stereocenters. The van der Waals surface area contributed by atoms with Gasteiger partial charge in [-0.05, 0) is 40.2 Å². The number of rotatable bonds is 9. The van der Waals surface area contributed by atoms with Crippen molar-refractivity contribution in [1.82, 2.24) is 10.2 Å². The second-order valence-corrected chi connectivity index (χ2v) is 4.46. The summed E-state index contributed by atoms with van der Waals surface area (Å²) in [6, 6.07) is 1.30. The Morgan fingerprint density at radius 3 is 2.60 bits per heavy atom. The molecule has 0 spiro atoms. The minimum absolute atomic E-state index is 0.605. The molecule has 0 aromatic heterocycles. The average molecular weight is 212 g/mol. The Morgan fingerprint density at radius 1 is 1.40 bits per heavy atom. The van der Waals surface area contributed by atoms with Crippen molar-refractivity contribution in [2.75, 3.05) is 20.1 Å². The van der Waals surface area contributed by atoms with Gasteiger partial charge >= 0.3 is 0 Å². The fourth-order valence-electron chi connectivity index (χ4n) is 1.49. The molecule has 0 aliphatic rings. The second kappa shape index (κ2) is 8.93. The lowest BCUT2D eigenvalue weighted by molar-refractivity contribution is 0.248. The third kappa shape index (κ3) is 7.57. The first-order valence-corrected chi connectivity index (χ1v) is 6.16. The molecule has 0 saturated heterocycles. The maximum Gasteiger partial charge on any atom is 0.0107 e. The zero-order valence-corrected chi connectivity index (χ0v) is 10.9. The molecule has 0 aliphatic carbocycles. The van der Waals surface area contributed by atoms with Gasteiger partial charge in [-0.3, -0.25) is 0 Å². The molecule has 0 radical (unpaired) electrons. The first-order chi connectivity index (χ1) is 7.11. The SMILES string of the molecule is C=CCCC(C)NCCN(C)C(C)CC. The summed E-state index contributed by atoms with van der Waals surface area (Å²) < 4.78 is 0. The van der Waals surface area contributed by atoms with Crippen LogP contribution in [0.15, 0.2) is 12.7 Å². The Balaban J connectivity index is 3.47. The monoisotopic (exact) mass is 212 g/mol. The fourth-order valence-corrected chi connectivity index (χ4v) is 1.49. The summed E-state index contributed by atoms with van der Waals surface area (Å²) in [7, 11) is 2.20. The van der Waals surface area contributed by atoms with Gasteiger partial charge in [0, 0.05) is 25.2 Å². The van der Waals surface area contributed by atoms with Gasteiger partial charge in [-0.1, -0.05) is 13.0 Å². The Bertz CT molecular complexity index is 157. The van der Waals surface area contributed by atoms with E-state index in [1.165, 1.54) is 12.8 Å². The van der Waals surface area contributed by atoms with Crippen LogP contribution in [0.25, 0.3) is 0 Å². The molecule has 0 heterocycles. The van der Waals surface area contributed by atoms with E-state index in [0.29, 0.717) is 12.1 Å². The Labute approximate surface area is 95.7 Å². The maximum atomic E-state index is 3.74. The quantitative estimate of drug-likeness (QED) is 0.591. The van der Waals surface area contributed by atoms with Gasteiger partial charge in [-0.15, -0.1) is 6.58 Å². The van der Waals surface area contributed by atoms with E-state index in [0.717, 1.165) is 19.5 Å². The van der Waals surface area contributed by atoms with Gasteiger partial charge in [0.1, 0.15) is 0 Å². The van der Waals surface area contributed by atoms with Crippen LogP contribution < -0.4 is 5.32 Å². The van der Waals surface area contributed by atoms with Gasteiger partial charge in [-0.2, -0.15) is 0 Å². The van der Waals surface area contributed by atoms with E-state index in [4.69, 9.17) is 0 Å². The van der Waals surface area contributed by atoms with Crippen LogP contribution >= 0.6 is 0 Å². The van der Waals surface area contributed by atoms with Gasteiger partial charge in [-0.25, -0.2) is 0 Å². The number of nitrogens with one attached hydrogen (secondary N) is 1. The summed E-state index contributed by atoms with van der Waals surface area (Å²) in [6.07, 6.45) is 5.51. The summed E-state index contributed by atoms with van der Waals surface area (Å²) in [4.78, 5) is 2.41. The molecule has 1 N–H and O–H groups in total. The van der Waals surface area contributed by atoms with Crippen molar-refractivity contribution < 1.29 is 0 Å². The topological polar surface area (TPSA) is 15.3 Å². The minimum atomic E-state index is 0.605. The lowest BCUT2D eigenvalue weighted by Crippen LogP contribution is -2.37. The first-order valence-electron chi connectivity index (χ1n) is 6.16. The van der Waals surface area contributed by atoms with E-state index in [9.17, 15) is 0 Å². The van der Waals surface area contributed by atoms with Crippen molar-refractivity contribution in [2.24, 2.45) is 0 Å². The molecule has 0 aromatic rings. The number of allylic oxidation sites excluding steroid dienone is 1. The molecule has 0 fully saturated rings. The van der Waals surface area contributed by atoms with E-state index >= 15 is 0 Å². The molecule has 2 heteroatoms. The van der Waals surface area contributed by atoms with Gasteiger partial charge in [0.2, 0.25) is 0 Å². The summed E-state index contributed by atoms with van der Waals surface area (Å²) in [5, 5.41) is 3.54. The number of hydrogen-bond acceptors (Lipinski definition) is 2. The fraction of sp³-hybridized carbons (Fsp3) is 0.846. The standard InChI is InChI=1S/C13H28N2/c1-6-8-9-12(3)14-10-11-15(5)13(4)7-2/h6,12-14H,1,7-11H2,2-5H3. The molecule has 2 nitrogen and oxygen atoms in total. The number of nitrogens with zero attached hydrogens (tertiary/aromatic N) is 1. The zero-order chi connectivity index (χ0) is 11.7. The third-order valence-electron chi connectivity index (χ3n) is 3.10. The molecule has 90 valence electrons. The summed E-state index contributed by atoms with van der Waals surface area (Å²) >= 11 is 0. The highest BCUT2D eigenvalue weighted by atomic mass is 15.1. The molecule has 0 amide bonds. The third-order valence-corrected chi connectivity index (χ3v) is 3.10. The second-order valence-electron chi connectivity index (χ2n) is 4.46. The van der Waals surface area contributed by atoms with Gasteiger partial charge in [0.15, 0.2) is 0 Å². The van der Waals surface area contributed by atoms with Crippen LogP contribution in [-0.2, 0) is 0 Å². The van der Waals surface area contributed by atoms with E-state index in [1.807, 2.05) is 6.08 Å². The number of hydrogen-bond donors (Lipinski definition) is 1. The molecule has 0 aliphatic heterocycles. The van der Waals surface area contributed by atoms with Crippen molar-refractivity contribution in [3.05, 3.63) is 12.7 Å². The molecule has 15 heavy (non-hydrogen) atoms. The van der Waals surface area contributed by atoms with E-state index < -0.39 is 0 Å². The van der Waals surface area contributed by atoms with Crippen LogP contribution in [0.4, 0.5) is 0 Å². The summed E-state index contributed by atoms with van der Waals surface area (Å²) in [5.41, 5.74) is 0. The predicted octanol–water partition coefficient (Wildman–Crippen LogP) is 2.66. The highest BCUT2D eigenvalue weighted by Crippen LogP contribution is 1.99. The molecular formula is C13H28N2. The van der Waals surface area contributed by atoms with Crippen molar-refractivity contribution in [3.63, 3.8) is 0 Å². The predicted molar refractivity (Wildman–Crippen MR) is 69.3 cm³/mol. The molecule has 2 unspecified atom stereocenters. The molecule has 0 bridgehead atoms. The van der Waals surface area contributed by atoms with Crippen LogP contribution in [0, 0.1) is 0 Å². The Kier molecular flexibility index (Phi) is 8.73. The highest BCUT2D eigenvalue weighted by Gasteiger charge is 2.06. The van der Waals surface area contributed by atoms with Gasteiger partial charge in [0.25, 0.3) is 0 Å². The highest BCUT2D eigenvalue weighted by molar-refractivity contribution is 4.71. The van der Waals surface area contributed by atoms with Crippen molar-refractivity contribution >= 4 is 0 Å². The summed E-state index contributed by atoms with van der Waals surface area (Å²) in [6.45, 7) is 12.7. The van der Waals surface area contributed by atoms with Crippen molar-refractivity contribution in [3.8, 4) is 0 Å². The first kappa shape index (κ1) is 14.7. The summed E-state index contributed by atoms with van der Waals surface area (Å²) in [5.74, 6) is 0. The van der Waals surface area contributed by atoms with Crippen LogP contribution in [0.3, 0.4) is 0 Å². The van der Waals surface area contributed by atoms with Crippen LogP contribution in [-0.4, -0.2) is 37.1 Å². The van der Waals surface area contributed by atoms with E-state index in [1.54, 1.807) is 0 Å². The molecule has 0 rings (SSSR count). The van der Waals surface area contributed by atoms with Crippen LogP contribution in [0.5, 0.6) is 0 Å². The maximum absolute atomic E-state index is 3.74. The largest absolute Gasteiger partial charge is 0.313 e.